The Morgan fingerprint density at radius 2 is 2.00 bits per heavy atom. The fourth-order valence-electron chi connectivity index (χ4n) is 1.83. The lowest BCUT2D eigenvalue weighted by molar-refractivity contribution is -0.127. The van der Waals surface area contributed by atoms with Gasteiger partial charge in [0.2, 0.25) is 5.91 Å². The number of carbonyl (C=O) groups excluding carboxylic acids is 1. The summed E-state index contributed by atoms with van der Waals surface area (Å²) in [5.41, 5.74) is 0. The summed E-state index contributed by atoms with van der Waals surface area (Å²) in [7, 11) is 1.89. The SMILES string of the molecule is CC(=O)N(C)CCC1CCCC1. The minimum Gasteiger partial charge on any atom is -0.346 e. The van der Waals surface area contributed by atoms with E-state index in [4.69, 9.17) is 0 Å². The maximum Gasteiger partial charge on any atom is 0.219 e. The quantitative estimate of drug-likeness (QED) is 0.633. The highest BCUT2D eigenvalue weighted by atomic mass is 16.2. The van der Waals surface area contributed by atoms with Crippen molar-refractivity contribution in [3.63, 3.8) is 0 Å². The number of nitrogens with zero attached hydrogens (tertiary/aromatic N) is 1. The molecule has 0 aromatic heterocycles. The standard InChI is InChI=1S/C10H19NO/c1-9(12)11(2)8-7-10-5-3-4-6-10/h10H,3-8H2,1-2H3. The van der Waals surface area contributed by atoms with E-state index >= 15 is 0 Å². The molecule has 12 heavy (non-hydrogen) atoms. The molecule has 0 unspecified atom stereocenters. The summed E-state index contributed by atoms with van der Waals surface area (Å²) in [5, 5.41) is 0. The number of carbonyl (C=O) groups is 1. The predicted octanol–water partition coefficient (Wildman–Crippen LogP) is 2.04. The highest BCUT2D eigenvalue weighted by Gasteiger charge is 2.15. The van der Waals surface area contributed by atoms with Crippen molar-refractivity contribution in [1.29, 1.82) is 0 Å². The molecule has 0 aromatic rings. The van der Waals surface area contributed by atoms with E-state index in [1.165, 1.54) is 32.1 Å². The van der Waals surface area contributed by atoms with E-state index in [2.05, 4.69) is 0 Å². The summed E-state index contributed by atoms with van der Waals surface area (Å²) in [4.78, 5) is 12.7. The lowest BCUT2D eigenvalue weighted by Gasteiger charge is -2.17. The van der Waals surface area contributed by atoms with Crippen molar-refractivity contribution < 1.29 is 4.79 Å². The number of hydrogen-bond acceptors (Lipinski definition) is 1. The summed E-state index contributed by atoms with van der Waals surface area (Å²) in [6.07, 6.45) is 6.76. The molecule has 0 aliphatic heterocycles. The van der Waals surface area contributed by atoms with Crippen molar-refractivity contribution >= 4 is 5.91 Å². The third-order valence-electron chi connectivity index (χ3n) is 2.89. The lowest BCUT2D eigenvalue weighted by atomic mass is 10.0. The maximum atomic E-state index is 10.9. The smallest absolute Gasteiger partial charge is 0.219 e. The molecule has 0 aromatic carbocycles. The van der Waals surface area contributed by atoms with Crippen LogP contribution in [0.5, 0.6) is 0 Å². The fourth-order valence-corrected chi connectivity index (χ4v) is 1.83. The average Bonchev–Trinajstić information content (AvgIpc) is 2.51. The lowest BCUT2D eigenvalue weighted by Crippen LogP contribution is -2.25. The van der Waals surface area contributed by atoms with Crippen LogP contribution in [-0.2, 0) is 4.79 Å². The Morgan fingerprint density at radius 1 is 1.42 bits per heavy atom. The Bertz CT molecular complexity index is 150. The van der Waals surface area contributed by atoms with Crippen molar-refractivity contribution in [2.45, 2.75) is 39.0 Å². The molecule has 0 N–H and O–H groups in total. The molecule has 0 atom stereocenters. The Balaban J connectivity index is 2.11. The minimum atomic E-state index is 0.188. The molecule has 1 fully saturated rings. The topological polar surface area (TPSA) is 20.3 Å². The summed E-state index contributed by atoms with van der Waals surface area (Å²) < 4.78 is 0. The average molecular weight is 169 g/mol. The molecule has 1 aliphatic rings. The van der Waals surface area contributed by atoms with Crippen LogP contribution in [0.4, 0.5) is 0 Å². The maximum absolute atomic E-state index is 10.9. The fraction of sp³-hybridized carbons (Fsp3) is 0.900. The Kier molecular flexibility index (Phi) is 3.57. The third-order valence-corrected chi connectivity index (χ3v) is 2.89. The summed E-state index contributed by atoms with van der Waals surface area (Å²) in [6.45, 7) is 2.58. The minimum absolute atomic E-state index is 0.188. The highest BCUT2D eigenvalue weighted by Crippen LogP contribution is 2.27. The van der Waals surface area contributed by atoms with Crippen molar-refractivity contribution in [2.24, 2.45) is 5.92 Å². The largest absolute Gasteiger partial charge is 0.346 e. The van der Waals surface area contributed by atoms with Gasteiger partial charge in [-0.15, -0.1) is 0 Å². The second-order valence-electron chi connectivity index (χ2n) is 3.88. The zero-order chi connectivity index (χ0) is 8.97. The molecule has 1 amide bonds. The van der Waals surface area contributed by atoms with Gasteiger partial charge in [-0.1, -0.05) is 25.7 Å². The normalized spacial score (nSPS) is 18.2. The van der Waals surface area contributed by atoms with Gasteiger partial charge in [-0.05, 0) is 12.3 Å². The van der Waals surface area contributed by atoms with Crippen LogP contribution < -0.4 is 0 Å². The number of hydrogen-bond donors (Lipinski definition) is 0. The number of rotatable bonds is 3. The van der Waals surface area contributed by atoms with Crippen LogP contribution in [0.1, 0.15) is 39.0 Å². The molecular weight excluding hydrogens is 150 g/mol. The van der Waals surface area contributed by atoms with Gasteiger partial charge >= 0.3 is 0 Å². The van der Waals surface area contributed by atoms with E-state index in [0.717, 1.165) is 12.5 Å². The Hall–Kier alpha value is -0.530. The van der Waals surface area contributed by atoms with Gasteiger partial charge in [0.15, 0.2) is 0 Å². The molecule has 0 spiro atoms. The molecule has 0 heterocycles. The van der Waals surface area contributed by atoms with Gasteiger partial charge in [-0.25, -0.2) is 0 Å². The van der Waals surface area contributed by atoms with E-state index < -0.39 is 0 Å². The first-order chi connectivity index (χ1) is 5.70. The second kappa shape index (κ2) is 4.48. The van der Waals surface area contributed by atoms with Crippen LogP contribution in [0.15, 0.2) is 0 Å². The third kappa shape index (κ3) is 2.84. The second-order valence-corrected chi connectivity index (χ2v) is 3.88. The Labute approximate surface area is 74.9 Å². The first kappa shape index (κ1) is 9.56. The van der Waals surface area contributed by atoms with Crippen molar-refractivity contribution in [1.82, 2.24) is 4.90 Å². The summed E-state index contributed by atoms with van der Waals surface area (Å²) in [6, 6.07) is 0. The van der Waals surface area contributed by atoms with Crippen LogP contribution in [0.3, 0.4) is 0 Å². The van der Waals surface area contributed by atoms with Crippen LogP contribution in [0.2, 0.25) is 0 Å². The zero-order valence-corrected chi connectivity index (χ0v) is 8.18. The highest BCUT2D eigenvalue weighted by molar-refractivity contribution is 5.72. The molecule has 1 rings (SSSR count). The van der Waals surface area contributed by atoms with Gasteiger partial charge < -0.3 is 4.90 Å². The molecule has 1 saturated carbocycles. The first-order valence-electron chi connectivity index (χ1n) is 4.92. The molecule has 70 valence electrons. The molecule has 0 radical (unpaired) electrons. The van der Waals surface area contributed by atoms with Crippen LogP contribution in [-0.4, -0.2) is 24.4 Å². The molecular formula is C10H19NO. The van der Waals surface area contributed by atoms with E-state index in [-0.39, 0.29) is 5.91 Å². The molecule has 0 bridgehead atoms. The van der Waals surface area contributed by atoms with E-state index in [1.54, 1.807) is 6.92 Å². The summed E-state index contributed by atoms with van der Waals surface area (Å²) >= 11 is 0. The van der Waals surface area contributed by atoms with Crippen molar-refractivity contribution in [3.05, 3.63) is 0 Å². The van der Waals surface area contributed by atoms with E-state index in [9.17, 15) is 4.79 Å². The van der Waals surface area contributed by atoms with Gasteiger partial charge in [0, 0.05) is 20.5 Å². The van der Waals surface area contributed by atoms with E-state index in [1.807, 2.05) is 11.9 Å². The molecule has 0 saturated heterocycles. The van der Waals surface area contributed by atoms with Crippen LogP contribution in [0.25, 0.3) is 0 Å². The Morgan fingerprint density at radius 3 is 2.50 bits per heavy atom. The van der Waals surface area contributed by atoms with Crippen molar-refractivity contribution in [3.8, 4) is 0 Å². The molecule has 2 heteroatoms. The van der Waals surface area contributed by atoms with Gasteiger partial charge in [0.1, 0.15) is 0 Å². The molecule has 1 aliphatic carbocycles. The zero-order valence-electron chi connectivity index (χ0n) is 8.18. The van der Waals surface area contributed by atoms with Gasteiger partial charge in [-0.3, -0.25) is 4.79 Å². The summed E-state index contributed by atoms with van der Waals surface area (Å²) in [5.74, 6) is 1.08. The van der Waals surface area contributed by atoms with Gasteiger partial charge in [0.05, 0.1) is 0 Å². The van der Waals surface area contributed by atoms with Crippen LogP contribution in [0, 0.1) is 5.92 Å². The van der Waals surface area contributed by atoms with Crippen molar-refractivity contribution in [2.75, 3.05) is 13.6 Å². The van der Waals surface area contributed by atoms with E-state index in [0.29, 0.717) is 0 Å². The van der Waals surface area contributed by atoms with Gasteiger partial charge in [0.25, 0.3) is 0 Å². The number of amides is 1. The monoisotopic (exact) mass is 169 g/mol. The molecule has 2 nitrogen and oxygen atoms in total. The first-order valence-corrected chi connectivity index (χ1v) is 4.92. The predicted molar refractivity (Wildman–Crippen MR) is 49.9 cm³/mol. The van der Waals surface area contributed by atoms with Gasteiger partial charge in [-0.2, -0.15) is 0 Å². The van der Waals surface area contributed by atoms with Crippen LogP contribution >= 0.6 is 0 Å².